The lowest BCUT2D eigenvalue weighted by Gasteiger charge is -2.44. The minimum Gasteiger partial charge on any atom is -0.481 e. The van der Waals surface area contributed by atoms with Gasteiger partial charge in [0, 0.05) is 23.7 Å². The second-order valence-corrected chi connectivity index (χ2v) is 11.8. The van der Waals surface area contributed by atoms with Gasteiger partial charge in [-0.05, 0) is 97.5 Å². The fraction of sp³-hybridized carbons (Fsp3) is 0.406. The molecule has 1 aliphatic heterocycles. The molecule has 2 aliphatic carbocycles. The molecule has 40 heavy (non-hydrogen) atoms. The van der Waals surface area contributed by atoms with Gasteiger partial charge in [-0.3, -0.25) is 4.79 Å². The van der Waals surface area contributed by atoms with Gasteiger partial charge in [0.1, 0.15) is 5.82 Å². The Morgan fingerprint density at radius 1 is 0.975 bits per heavy atom. The molecule has 3 nitrogen and oxygen atoms in total. The lowest BCUT2D eigenvalue weighted by Crippen LogP contribution is -2.48. The zero-order valence-electron chi connectivity index (χ0n) is 22.1. The maximum atomic E-state index is 14.9. The number of halogens is 5. The van der Waals surface area contributed by atoms with E-state index in [0.29, 0.717) is 52.0 Å². The molecule has 0 spiro atoms. The molecule has 0 radical (unpaired) electrons. The molecular formula is C32H30F5NO2. The van der Waals surface area contributed by atoms with Gasteiger partial charge < -0.3 is 10.0 Å². The summed E-state index contributed by atoms with van der Waals surface area (Å²) in [7, 11) is 0. The normalized spacial score (nSPS) is 24.6. The summed E-state index contributed by atoms with van der Waals surface area (Å²) < 4.78 is 69.1. The first-order valence-electron chi connectivity index (χ1n) is 13.6. The number of aliphatic carboxylic acids is 1. The minimum absolute atomic E-state index is 0.00971. The molecule has 8 heteroatoms. The van der Waals surface area contributed by atoms with E-state index in [4.69, 9.17) is 0 Å². The van der Waals surface area contributed by atoms with Gasteiger partial charge in [0.15, 0.2) is 0 Å². The summed E-state index contributed by atoms with van der Waals surface area (Å²) in [6, 6.07) is 18.3. The van der Waals surface area contributed by atoms with Gasteiger partial charge in [-0.2, -0.15) is 13.2 Å². The summed E-state index contributed by atoms with van der Waals surface area (Å²) in [5, 5.41) is 9.67. The highest BCUT2D eigenvalue weighted by Gasteiger charge is 2.55. The van der Waals surface area contributed by atoms with Crippen molar-refractivity contribution in [3.05, 3.63) is 100 Å². The highest BCUT2D eigenvalue weighted by molar-refractivity contribution is 5.85. The van der Waals surface area contributed by atoms with Crippen LogP contribution in [0.1, 0.15) is 60.4 Å². The van der Waals surface area contributed by atoms with Crippen molar-refractivity contribution < 1.29 is 31.9 Å². The maximum absolute atomic E-state index is 14.9. The monoisotopic (exact) mass is 555 g/mol. The molecule has 1 heterocycles. The Morgan fingerprint density at radius 2 is 1.65 bits per heavy atom. The standard InChI is InChI=1S/C32H30F5NO2/c1-29(34,32(35,36)37)23-7-12-26-21(18-23)4-13-27-31(26,19-20-2-8-24(33)9-3-20)16-17-38(27)25-10-5-22(6-11-25)30(14-15-30)28(39)40/h2-3,5-12,18,27H,4,13-17,19H2,1H3,(H,39,40)/t27-,29?,31-/m1/s1. The Bertz CT molecular complexity index is 1440. The number of hydrogen-bond donors (Lipinski definition) is 1. The number of fused-ring (bicyclic) bond motifs is 3. The van der Waals surface area contributed by atoms with E-state index in [9.17, 15) is 31.9 Å². The van der Waals surface area contributed by atoms with Gasteiger partial charge in [-0.1, -0.05) is 42.5 Å². The van der Waals surface area contributed by atoms with E-state index in [1.165, 1.54) is 24.3 Å². The van der Waals surface area contributed by atoms with Gasteiger partial charge >= 0.3 is 12.1 Å². The number of nitrogens with zero attached hydrogens (tertiary/aromatic N) is 1. The van der Waals surface area contributed by atoms with Crippen molar-refractivity contribution in [2.75, 3.05) is 11.4 Å². The molecule has 3 aromatic rings. The van der Waals surface area contributed by atoms with Crippen LogP contribution in [0.3, 0.4) is 0 Å². The topological polar surface area (TPSA) is 40.5 Å². The van der Waals surface area contributed by atoms with Crippen molar-refractivity contribution in [1.29, 1.82) is 0 Å². The number of hydrogen-bond acceptors (Lipinski definition) is 2. The Balaban J connectivity index is 1.39. The smallest absolute Gasteiger partial charge is 0.426 e. The SMILES string of the molecule is CC(F)(c1ccc2c(c1)CC[C@H]1N(c3ccc(C4(C(=O)O)CC4)cc3)CC[C@@]21Cc1ccc(F)cc1)C(F)(F)F. The van der Waals surface area contributed by atoms with Crippen molar-refractivity contribution in [1.82, 2.24) is 0 Å². The molecular weight excluding hydrogens is 525 g/mol. The Hall–Kier alpha value is -3.42. The third-order valence-corrected chi connectivity index (χ3v) is 9.56. The molecule has 3 aromatic carbocycles. The predicted octanol–water partition coefficient (Wildman–Crippen LogP) is 7.39. The summed E-state index contributed by atoms with van der Waals surface area (Å²) in [6.07, 6.45) is -1.33. The van der Waals surface area contributed by atoms with Crippen LogP contribution in [0.15, 0.2) is 66.7 Å². The number of aryl methyl sites for hydroxylation is 1. The number of alkyl halides is 4. The maximum Gasteiger partial charge on any atom is 0.426 e. The Morgan fingerprint density at radius 3 is 2.25 bits per heavy atom. The first-order valence-corrected chi connectivity index (χ1v) is 13.6. The fourth-order valence-corrected chi connectivity index (χ4v) is 7.02. The first-order chi connectivity index (χ1) is 18.9. The van der Waals surface area contributed by atoms with Crippen LogP contribution in [-0.2, 0) is 34.1 Å². The van der Waals surface area contributed by atoms with Gasteiger partial charge in [-0.25, -0.2) is 8.78 Å². The second kappa shape index (κ2) is 9.05. The van der Waals surface area contributed by atoms with Gasteiger partial charge in [0.25, 0.3) is 0 Å². The molecule has 1 N–H and O–H groups in total. The van der Waals surface area contributed by atoms with E-state index in [1.54, 1.807) is 18.2 Å². The van der Waals surface area contributed by atoms with Crippen LogP contribution < -0.4 is 4.90 Å². The van der Waals surface area contributed by atoms with Crippen molar-refractivity contribution in [3.8, 4) is 0 Å². The Labute approximate surface area is 229 Å². The quantitative estimate of drug-likeness (QED) is 0.323. The molecule has 6 rings (SSSR count). The highest BCUT2D eigenvalue weighted by atomic mass is 19.4. The zero-order chi connectivity index (χ0) is 28.5. The van der Waals surface area contributed by atoms with Gasteiger partial charge in [-0.15, -0.1) is 0 Å². The molecule has 0 aromatic heterocycles. The van der Waals surface area contributed by atoms with Gasteiger partial charge in [0.2, 0.25) is 5.67 Å². The molecule has 1 saturated heterocycles. The van der Waals surface area contributed by atoms with Crippen molar-refractivity contribution in [2.45, 2.75) is 74.2 Å². The largest absolute Gasteiger partial charge is 0.481 e. The molecule has 0 amide bonds. The van der Waals surface area contributed by atoms with Crippen molar-refractivity contribution in [2.24, 2.45) is 0 Å². The molecule has 3 aliphatic rings. The average Bonchev–Trinajstić information content (AvgIpc) is 3.65. The summed E-state index contributed by atoms with van der Waals surface area (Å²) in [5.74, 6) is -1.15. The number of anilines is 1. The number of carboxylic acids is 1. The van der Waals surface area contributed by atoms with Crippen LogP contribution in [0.2, 0.25) is 0 Å². The zero-order valence-corrected chi connectivity index (χ0v) is 22.1. The van der Waals surface area contributed by atoms with E-state index in [1.807, 2.05) is 24.3 Å². The number of carbonyl (C=O) groups is 1. The van der Waals surface area contributed by atoms with Crippen LogP contribution in [-0.4, -0.2) is 29.8 Å². The van der Waals surface area contributed by atoms with Crippen molar-refractivity contribution in [3.63, 3.8) is 0 Å². The summed E-state index contributed by atoms with van der Waals surface area (Å²) in [6.45, 7) is 1.26. The summed E-state index contributed by atoms with van der Waals surface area (Å²) in [5.41, 5.74) is -0.803. The summed E-state index contributed by atoms with van der Waals surface area (Å²) >= 11 is 0. The van der Waals surface area contributed by atoms with Crippen LogP contribution in [0, 0.1) is 5.82 Å². The number of rotatable bonds is 6. The highest BCUT2D eigenvalue weighted by Crippen LogP contribution is 2.53. The van der Waals surface area contributed by atoms with Crippen molar-refractivity contribution >= 4 is 11.7 Å². The summed E-state index contributed by atoms with van der Waals surface area (Å²) in [4.78, 5) is 14.1. The molecule has 2 fully saturated rings. The fourth-order valence-electron chi connectivity index (χ4n) is 7.02. The molecule has 0 bridgehead atoms. The predicted molar refractivity (Wildman–Crippen MR) is 142 cm³/mol. The third-order valence-electron chi connectivity index (χ3n) is 9.56. The Kier molecular flexibility index (Phi) is 6.06. The van der Waals surface area contributed by atoms with Crippen LogP contribution in [0.25, 0.3) is 0 Å². The number of carboxylic acid groups (broad SMARTS) is 1. The molecule has 3 atom stereocenters. The van der Waals surface area contributed by atoms with E-state index in [0.717, 1.165) is 27.9 Å². The van der Waals surface area contributed by atoms with E-state index >= 15 is 0 Å². The first kappa shape index (κ1) is 26.8. The van der Waals surface area contributed by atoms with Crippen LogP contribution in [0.4, 0.5) is 27.6 Å². The average molecular weight is 556 g/mol. The third kappa shape index (κ3) is 4.10. The molecule has 210 valence electrons. The van der Waals surface area contributed by atoms with Crippen LogP contribution in [0.5, 0.6) is 0 Å². The van der Waals surface area contributed by atoms with E-state index < -0.39 is 34.2 Å². The molecule has 1 unspecified atom stereocenters. The minimum atomic E-state index is -5.03. The molecule has 1 saturated carbocycles. The second-order valence-electron chi connectivity index (χ2n) is 11.8. The lowest BCUT2D eigenvalue weighted by molar-refractivity contribution is -0.228. The van der Waals surface area contributed by atoms with Gasteiger partial charge in [0.05, 0.1) is 5.41 Å². The van der Waals surface area contributed by atoms with E-state index in [-0.39, 0.29) is 11.9 Å². The van der Waals surface area contributed by atoms with Crippen LogP contribution >= 0.6 is 0 Å². The number of benzene rings is 3. The van der Waals surface area contributed by atoms with E-state index in [2.05, 4.69) is 4.90 Å². The lowest BCUT2D eigenvalue weighted by atomic mass is 9.63.